The molecule has 0 aliphatic rings. The van der Waals surface area contributed by atoms with E-state index in [4.69, 9.17) is 5.26 Å². The summed E-state index contributed by atoms with van der Waals surface area (Å²) in [5, 5.41) is 9.86. The van der Waals surface area contributed by atoms with Crippen molar-refractivity contribution < 1.29 is 13.2 Å². The quantitative estimate of drug-likeness (QED) is 0.581. The van der Waals surface area contributed by atoms with Crippen molar-refractivity contribution in [2.45, 2.75) is 46.8 Å². The number of benzene rings is 1. The second-order valence-electron chi connectivity index (χ2n) is 6.02. The zero-order valence-electron chi connectivity index (χ0n) is 15.9. The van der Waals surface area contributed by atoms with Gasteiger partial charge in [0, 0.05) is 23.8 Å². The van der Waals surface area contributed by atoms with E-state index in [1.54, 1.807) is 29.8 Å². The molecular formula is C21H22F3N3. The van der Waals surface area contributed by atoms with Gasteiger partial charge in [-0.2, -0.15) is 18.4 Å². The molecule has 0 fully saturated rings. The number of alkyl halides is 3. The Morgan fingerprint density at radius 1 is 1.15 bits per heavy atom. The smallest absolute Gasteiger partial charge is 0.325 e. The average Bonchev–Trinajstić information content (AvgIpc) is 2.90. The molecule has 142 valence electrons. The molecule has 0 saturated heterocycles. The van der Waals surface area contributed by atoms with Crippen molar-refractivity contribution in [1.29, 1.82) is 5.26 Å². The first-order valence-corrected chi connectivity index (χ1v) is 8.79. The van der Waals surface area contributed by atoms with Gasteiger partial charge in [-0.05, 0) is 43.2 Å². The summed E-state index contributed by atoms with van der Waals surface area (Å²) in [6, 6.07) is 10.1. The molecule has 2 aromatic heterocycles. The molecule has 3 aromatic rings. The Bertz CT molecular complexity index is 979. The minimum Gasteiger partial charge on any atom is -0.325 e. The third-order valence-electron chi connectivity index (χ3n) is 4.36. The summed E-state index contributed by atoms with van der Waals surface area (Å²) in [7, 11) is 0. The second-order valence-corrected chi connectivity index (χ2v) is 6.02. The van der Waals surface area contributed by atoms with Crippen LogP contribution < -0.4 is 0 Å². The Balaban J connectivity index is 0.00000126. The summed E-state index contributed by atoms with van der Waals surface area (Å²) in [5.74, 6) is 0. The van der Waals surface area contributed by atoms with E-state index in [1.165, 1.54) is 12.1 Å². The van der Waals surface area contributed by atoms with Crippen LogP contribution >= 0.6 is 0 Å². The van der Waals surface area contributed by atoms with Crippen LogP contribution in [-0.4, -0.2) is 9.55 Å². The maximum atomic E-state index is 13.4. The van der Waals surface area contributed by atoms with Gasteiger partial charge < -0.3 is 4.57 Å². The van der Waals surface area contributed by atoms with Gasteiger partial charge in [-0.1, -0.05) is 31.5 Å². The van der Waals surface area contributed by atoms with E-state index >= 15 is 0 Å². The highest BCUT2D eigenvalue weighted by Crippen LogP contribution is 2.34. The van der Waals surface area contributed by atoms with Crippen LogP contribution in [0.3, 0.4) is 0 Å². The summed E-state index contributed by atoms with van der Waals surface area (Å²) in [6.07, 6.45) is -2.61. The highest BCUT2D eigenvalue weighted by molar-refractivity contribution is 5.82. The first kappa shape index (κ1) is 20.5. The monoisotopic (exact) mass is 373 g/mol. The summed E-state index contributed by atoms with van der Waals surface area (Å²) in [4.78, 5) is 4.32. The number of nitriles is 1. The normalized spacial score (nSPS) is 11.0. The minimum atomic E-state index is -4.42. The molecule has 0 spiro atoms. The highest BCUT2D eigenvalue weighted by Gasteiger charge is 2.33. The van der Waals surface area contributed by atoms with Crippen molar-refractivity contribution >= 4 is 11.0 Å². The van der Waals surface area contributed by atoms with Crippen molar-refractivity contribution in [1.82, 2.24) is 9.55 Å². The Hall–Kier alpha value is -2.81. The van der Waals surface area contributed by atoms with Gasteiger partial charge in [0.25, 0.3) is 0 Å². The molecule has 27 heavy (non-hydrogen) atoms. The van der Waals surface area contributed by atoms with Crippen LogP contribution in [-0.2, 0) is 19.1 Å². The van der Waals surface area contributed by atoms with E-state index in [-0.39, 0.29) is 18.5 Å². The van der Waals surface area contributed by atoms with Gasteiger partial charge in [0.1, 0.15) is 5.65 Å². The van der Waals surface area contributed by atoms with Crippen LogP contribution in [0, 0.1) is 25.2 Å². The van der Waals surface area contributed by atoms with Crippen LogP contribution in [0.25, 0.3) is 11.0 Å². The van der Waals surface area contributed by atoms with Gasteiger partial charge in [-0.15, -0.1) is 0 Å². The second kappa shape index (κ2) is 8.26. The number of pyridine rings is 1. The molecule has 1 aromatic carbocycles. The predicted molar refractivity (Wildman–Crippen MR) is 100 cm³/mol. The lowest BCUT2D eigenvalue weighted by molar-refractivity contribution is -0.138. The fraction of sp³-hybridized carbons (Fsp3) is 0.333. The molecule has 3 rings (SSSR count). The third-order valence-corrected chi connectivity index (χ3v) is 4.36. The highest BCUT2D eigenvalue weighted by atomic mass is 19.4. The summed E-state index contributed by atoms with van der Waals surface area (Å²) < 4.78 is 42.0. The Morgan fingerprint density at radius 3 is 2.48 bits per heavy atom. The fourth-order valence-corrected chi connectivity index (χ4v) is 3.12. The number of rotatable bonds is 3. The van der Waals surface area contributed by atoms with E-state index in [2.05, 4.69) is 11.1 Å². The maximum Gasteiger partial charge on any atom is 0.416 e. The van der Waals surface area contributed by atoms with Crippen LogP contribution in [0.1, 0.15) is 41.8 Å². The third kappa shape index (κ3) is 4.13. The first-order chi connectivity index (χ1) is 12.8. The van der Waals surface area contributed by atoms with E-state index < -0.39 is 11.7 Å². The summed E-state index contributed by atoms with van der Waals surface area (Å²) in [6.45, 7) is 7.51. The zero-order valence-corrected chi connectivity index (χ0v) is 15.9. The Labute approximate surface area is 157 Å². The molecule has 3 nitrogen and oxygen atoms in total. The standard InChI is InChI=1S/C19H16F3N3.C2H6/c1-12-5-6-14(17(10-12)19(20,21)22)11-25-13(2)15(7-8-23)16-4-3-9-24-18(16)25;1-2/h3-6,9-10H,7,11H2,1-2H3;1-2H3. The van der Waals surface area contributed by atoms with Gasteiger partial charge >= 0.3 is 6.18 Å². The van der Waals surface area contributed by atoms with Gasteiger partial charge in [0.05, 0.1) is 18.1 Å². The molecule has 0 N–H and O–H groups in total. The number of hydrogen-bond acceptors (Lipinski definition) is 2. The van der Waals surface area contributed by atoms with Gasteiger partial charge in [-0.25, -0.2) is 4.98 Å². The average molecular weight is 373 g/mol. The van der Waals surface area contributed by atoms with Gasteiger partial charge in [0.2, 0.25) is 0 Å². The van der Waals surface area contributed by atoms with Gasteiger partial charge in [0.15, 0.2) is 0 Å². The van der Waals surface area contributed by atoms with E-state index in [0.717, 1.165) is 16.6 Å². The van der Waals surface area contributed by atoms with Crippen molar-refractivity contribution in [3.63, 3.8) is 0 Å². The molecule has 0 atom stereocenters. The van der Waals surface area contributed by atoms with Crippen LogP contribution in [0.5, 0.6) is 0 Å². The predicted octanol–water partition coefficient (Wildman–Crippen LogP) is 5.81. The van der Waals surface area contributed by atoms with Crippen molar-refractivity contribution in [2.75, 3.05) is 0 Å². The number of nitrogens with zero attached hydrogens (tertiary/aromatic N) is 3. The molecule has 0 aliphatic carbocycles. The van der Waals surface area contributed by atoms with Gasteiger partial charge in [-0.3, -0.25) is 0 Å². The fourth-order valence-electron chi connectivity index (χ4n) is 3.12. The molecule has 0 radical (unpaired) electrons. The molecule has 0 bridgehead atoms. The van der Waals surface area contributed by atoms with E-state index in [0.29, 0.717) is 11.2 Å². The van der Waals surface area contributed by atoms with Crippen molar-refractivity contribution in [3.05, 3.63) is 64.5 Å². The van der Waals surface area contributed by atoms with Crippen LogP contribution in [0.4, 0.5) is 13.2 Å². The lowest BCUT2D eigenvalue weighted by Gasteiger charge is -2.16. The topological polar surface area (TPSA) is 41.6 Å². The number of aromatic nitrogens is 2. The molecule has 0 unspecified atom stereocenters. The Morgan fingerprint density at radius 2 is 1.85 bits per heavy atom. The van der Waals surface area contributed by atoms with E-state index in [1.807, 2.05) is 26.8 Å². The molecule has 0 saturated carbocycles. The van der Waals surface area contributed by atoms with Crippen LogP contribution in [0.2, 0.25) is 0 Å². The number of halogens is 3. The van der Waals surface area contributed by atoms with E-state index in [9.17, 15) is 13.2 Å². The lowest BCUT2D eigenvalue weighted by atomic mass is 10.0. The summed E-state index contributed by atoms with van der Waals surface area (Å²) in [5.41, 5.74) is 2.29. The summed E-state index contributed by atoms with van der Waals surface area (Å²) >= 11 is 0. The minimum absolute atomic E-state index is 0.0555. The van der Waals surface area contributed by atoms with Crippen LogP contribution in [0.15, 0.2) is 36.5 Å². The van der Waals surface area contributed by atoms with Crippen molar-refractivity contribution in [2.24, 2.45) is 0 Å². The lowest BCUT2D eigenvalue weighted by Crippen LogP contribution is -2.13. The number of aryl methyl sites for hydroxylation is 1. The SMILES string of the molecule is CC.Cc1ccc(Cn2c(C)c(CC#N)c3cccnc32)c(C(F)(F)F)c1. The molecule has 6 heteroatoms. The zero-order chi connectivity index (χ0) is 20.2. The molecule has 2 heterocycles. The molecule has 0 amide bonds. The number of hydrogen-bond donors (Lipinski definition) is 0. The maximum absolute atomic E-state index is 13.4. The molecular weight excluding hydrogens is 351 g/mol. The Kier molecular flexibility index (Phi) is 6.27. The first-order valence-electron chi connectivity index (χ1n) is 8.79. The van der Waals surface area contributed by atoms with Crippen molar-refractivity contribution in [3.8, 4) is 6.07 Å². The molecule has 0 aliphatic heterocycles. The largest absolute Gasteiger partial charge is 0.416 e. The number of fused-ring (bicyclic) bond motifs is 1.